The molecule has 0 aliphatic heterocycles. The fourth-order valence-electron chi connectivity index (χ4n) is 2.03. The summed E-state index contributed by atoms with van der Waals surface area (Å²) in [6.45, 7) is 4.05. The van der Waals surface area contributed by atoms with Crippen LogP contribution >= 0.6 is 12.2 Å². The van der Waals surface area contributed by atoms with E-state index in [1.807, 2.05) is 26.0 Å². The summed E-state index contributed by atoms with van der Waals surface area (Å²) in [4.78, 5) is 0. The third kappa shape index (κ3) is 4.69. The second-order valence-electron chi connectivity index (χ2n) is 5.07. The first-order chi connectivity index (χ1) is 11.0. The number of aromatic hydroxyl groups is 1. The summed E-state index contributed by atoms with van der Waals surface area (Å²) in [6, 6.07) is 11.0. The number of hydrogen-bond donors (Lipinski definition) is 3. The lowest BCUT2D eigenvalue weighted by molar-refractivity contribution is 0.412. The molecule has 0 aliphatic carbocycles. The molecule has 2 rings (SSSR count). The molecule has 3 N–H and O–H groups in total. The molecule has 0 unspecified atom stereocenters. The summed E-state index contributed by atoms with van der Waals surface area (Å²) in [5.41, 5.74) is 6.47. The fourth-order valence-corrected chi connectivity index (χ4v) is 2.19. The predicted octanol–water partition coefficient (Wildman–Crippen LogP) is 3.34. The Balaban J connectivity index is 1.98. The molecule has 0 saturated carbocycles. The molecule has 2 aromatic rings. The van der Waals surface area contributed by atoms with Crippen molar-refractivity contribution in [3.05, 3.63) is 53.1 Å². The van der Waals surface area contributed by atoms with Crippen LogP contribution in [0.3, 0.4) is 0 Å². The lowest BCUT2D eigenvalue weighted by Gasteiger charge is -2.10. The molecule has 0 atom stereocenters. The van der Waals surface area contributed by atoms with E-state index in [2.05, 4.69) is 21.9 Å². The molecule has 0 aliphatic rings. The van der Waals surface area contributed by atoms with E-state index in [9.17, 15) is 5.11 Å². The molecular formula is C17H19N3O2S. The number of anilines is 1. The molecule has 23 heavy (non-hydrogen) atoms. The number of hydrogen-bond acceptors (Lipinski definition) is 4. The summed E-state index contributed by atoms with van der Waals surface area (Å²) >= 11 is 5.20. The van der Waals surface area contributed by atoms with Crippen LogP contribution in [0.15, 0.2) is 41.5 Å². The molecule has 0 saturated heterocycles. The predicted molar refractivity (Wildman–Crippen MR) is 97.5 cm³/mol. The van der Waals surface area contributed by atoms with Crippen molar-refractivity contribution in [3.63, 3.8) is 0 Å². The Morgan fingerprint density at radius 1 is 1.22 bits per heavy atom. The van der Waals surface area contributed by atoms with Gasteiger partial charge in [-0.05, 0) is 55.9 Å². The van der Waals surface area contributed by atoms with Crippen LogP contribution in [0.2, 0.25) is 0 Å². The van der Waals surface area contributed by atoms with Crippen molar-refractivity contribution in [2.45, 2.75) is 13.8 Å². The molecule has 0 fully saturated rings. The van der Waals surface area contributed by atoms with E-state index in [0.717, 1.165) is 11.3 Å². The van der Waals surface area contributed by atoms with E-state index < -0.39 is 0 Å². The van der Waals surface area contributed by atoms with Crippen LogP contribution in [0, 0.1) is 13.8 Å². The van der Waals surface area contributed by atoms with Crippen LogP contribution in [0.1, 0.15) is 16.7 Å². The van der Waals surface area contributed by atoms with E-state index in [-0.39, 0.29) is 5.75 Å². The van der Waals surface area contributed by atoms with Crippen molar-refractivity contribution in [3.8, 4) is 11.5 Å². The second-order valence-corrected chi connectivity index (χ2v) is 5.48. The first kappa shape index (κ1) is 16.8. The van der Waals surface area contributed by atoms with E-state index in [1.165, 1.54) is 11.8 Å². The van der Waals surface area contributed by atoms with Crippen molar-refractivity contribution in [2.75, 3.05) is 12.4 Å². The van der Waals surface area contributed by atoms with Crippen LogP contribution in [0.5, 0.6) is 11.5 Å². The van der Waals surface area contributed by atoms with E-state index in [1.54, 1.807) is 25.3 Å². The number of nitrogens with one attached hydrogen (secondary N) is 2. The number of rotatable bonds is 4. The van der Waals surface area contributed by atoms with E-state index in [0.29, 0.717) is 16.4 Å². The molecule has 0 amide bonds. The number of thiocarbonyl (C=S) groups is 1. The number of nitrogens with zero attached hydrogens (tertiary/aromatic N) is 1. The number of benzene rings is 2. The fraction of sp³-hybridized carbons (Fsp3) is 0.176. The van der Waals surface area contributed by atoms with Crippen molar-refractivity contribution >= 4 is 29.2 Å². The molecule has 0 bridgehead atoms. The van der Waals surface area contributed by atoms with Crippen LogP contribution in [0.4, 0.5) is 5.69 Å². The highest BCUT2D eigenvalue weighted by atomic mass is 32.1. The minimum Gasteiger partial charge on any atom is -0.507 e. The van der Waals surface area contributed by atoms with Gasteiger partial charge in [0.15, 0.2) is 5.11 Å². The van der Waals surface area contributed by atoms with Crippen molar-refractivity contribution in [1.82, 2.24) is 5.43 Å². The quantitative estimate of drug-likeness (QED) is 0.456. The van der Waals surface area contributed by atoms with Gasteiger partial charge in [0, 0.05) is 11.3 Å². The molecule has 0 radical (unpaired) electrons. The summed E-state index contributed by atoms with van der Waals surface area (Å²) in [5, 5.41) is 17.2. The summed E-state index contributed by atoms with van der Waals surface area (Å²) < 4.78 is 5.11. The average molecular weight is 329 g/mol. The van der Waals surface area contributed by atoms with Crippen LogP contribution in [0.25, 0.3) is 0 Å². The zero-order chi connectivity index (χ0) is 16.8. The van der Waals surface area contributed by atoms with Gasteiger partial charge in [-0.2, -0.15) is 5.10 Å². The minimum absolute atomic E-state index is 0.115. The van der Waals surface area contributed by atoms with Crippen LogP contribution in [-0.4, -0.2) is 23.5 Å². The maximum Gasteiger partial charge on any atom is 0.191 e. The lowest BCUT2D eigenvalue weighted by Crippen LogP contribution is -2.24. The van der Waals surface area contributed by atoms with E-state index >= 15 is 0 Å². The lowest BCUT2D eigenvalue weighted by atomic mass is 10.1. The van der Waals surface area contributed by atoms with Gasteiger partial charge in [0.25, 0.3) is 0 Å². The topological polar surface area (TPSA) is 65.9 Å². The first-order valence-corrected chi connectivity index (χ1v) is 7.44. The van der Waals surface area contributed by atoms with Gasteiger partial charge in [-0.25, -0.2) is 0 Å². The highest BCUT2D eigenvalue weighted by Gasteiger charge is 2.02. The largest absolute Gasteiger partial charge is 0.507 e. The van der Waals surface area contributed by atoms with Crippen LogP contribution < -0.4 is 15.5 Å². The number of phenols is 1. The Morgan fingerprint density at radius 2 is 2.00 bits per heavy atom. The van der Waals surface area contributed by atoms with Gasteiger partial charge in [0.2, 0.25) is 0 Å². The minimum atomic E-state index is 0.115. The number of aryl methyl sites for hydroxylation is 2. The SMILES string of the molecule is COc1ccc(O)c(/C=N/NC(=S)Nc2ccc(C)cc2C)c1. The van der Waals surface area contributed by atoms with E-state index in [4.69, 9.17) is 17.0 Å². The Labute approximate surface area is 141 Å². The Hall–Kier alpha value is -2.60. The zero-order valence-electron chi connectivity index (χ0n) is 13.3. The molecule has 6 heteroatoms. The molecule has 5 nitrogen and oxygen atoms in total. The monoisotopic (exact) mass is 329 g/mol. The van der Waals surface area contributed by atoms with Gasteiger partial charge in [0.05, 0.1) is 13.3 Å². The maximum absolute atomic E-state index is 9.77. The second kappa shape index (κ2) is 7.60. The smallest absolute Gasteiger partial charge is 0.191 e. The molecule has 0 aromatic heterocycles. The maximum atomic E-state index is 9.77. The number of methoxy groups -OCH3 is 1. The highest BCUT2D eigenvalue weighted by molar-refractivity contribution is 7.80. The average Bonchev–Trinajstić information content (AvgIpc) is 2.52. The Bertz CT molecular complexity index is 745. The highest BCUT2D eigenvalue weighted by Crippen LogP contribution is 2.21. The summed E-state index contributed by atoms with van der Waals surface area (Å²) in [5.74, 6) is 0.754. The van der Waals surface area contributed by atoms with Gasteiger partial charge in [-0.3, -0.25) is 5.43 Å². The summed E-state index contributed by atoms with van der Waals surface area (Å²) in [7, 11) is 1.56. The van der Waals surface area contributed by atoms with Crippen LogP contribution in [-0.2, 0) is 0 Å². The van der Waals surface area contributed by atoms with Gasteiger partial charge in [-0.1, -0.05) is 17.7 Å². The van der Waals surface area contributed by atoms with Crippen molar-refractivity contribution < 1.29 is 9.84 Å². The summed E-state index contributed by atoms with van der Waals surface area (Å²) in [6.07, 6.45) is 1.48. The normalized spacial score (nSPS) is 10.6. The van der Waals surface area contributed by atoms with Gasteiger partial charge < -0.3 is 15.2 Å². The standard InChI is InChI=1S/C17H19N3O2S/c1-11-4-6-15(12(2)8-11)19-17(23)20-18-10-13-9-14(22-3)5-7-16(13)21/h4-10,21H,1-3H3,(H2,19,20,23)/b18-10+. The zero-order valence-corrected chi connectivity index (χ0v) is 14.1. The third-order valence-corrected chi connectivity index (χ3v) is 3.43. The van der Waals surface area contributed by atoms with Gasteiger partial charge in [-0.15, -0.1) is 0 Å². The third-order valence-electron chi connectivity index (χ3n) is 3.23. The number of ether oxygens (including phenoxy) is 1. The molecule has 120 valence electrons. The number of phenolic OH excluding ortho intramolecular Hbond substituents is 1. The molecule has 2 aromatic carbocycles. The first-order valence-electron chi connectivity index (χ1n) is 7.04. The Kier molecular flexibility index (Phi) is 5.54. The molecular weight excluding hydrogens is 310 g/mol. The molecule has 0 heterocycles. The van der Waals surface area contributed by atoms with Crippen molar-refractivity contribution in [1.29, 1.82) is 0 Å². The van der Waals surface area contributed by atoms with Gasteiger partial charge in [0.1, 0.15) is 11.5 Å². The number of hydrazone groups is 1. The van der Waals surface area contributed by atoms with Gasteiger partial charge >= 0.3 is 0 Å². The molecule has 0 spiro atoms. The Morgan fingerprint density at radius 3 is 2.70 bits per heavy atom. The van der Waals surface area contributed by atoms with Crippen molar-refractivity contribution in [2.24, 2.45) is 5.10 Å².